The van der Waals surface area contributed by atoms with Crippen LogP contribution < -0.4 is 0 Å². The Labute approximate surface area is 143 Å². The second-order valence-corrected chi connectivity index (χ2v) is 7.59. The summed E-state index contributed by atoms with van der Waals surface area (Å²) < 4.78 is 4.30. The fraction of sp³-hybridized carbons (Fsp3) is 0.353. The molecule has 3 atom stereocenters. The zero-order valence-electron chi connectivity index (χ0n) is 13.0. The molecular formula is C17H17NO5S. The van der Waals surface area contributed by atoms with E-state index in [9.17, 15) is 19.5 Å². The first kappa shape index (κ1) is 16.6. The highest BCUT2D eigenvalue weighted by atomic mass is 32.2. The molecule has 1 amide bonds. The van der Waals surface area contributed by atoms with Gasteiger partial charge in [0, 0.05) is 6.08 Å². The van der Waals surface area contributed by atoms with Gasteiger partial charge in [-0.1, -0.05) is 36.4 Å². The van der Waals surface area contributed by atoms with Gasteiger partial charge in [0.2, 0.25) is 5.91 Å². The summed E-state index contributed by atoms with van der Waals surface area (Å²) >= 11 is 1.39. The average Bonchev–Trinajstić information content (AvgIpc) is 2.80. The maximum atomic E-state index is 11.9. The summed E-state index contributed by atoms with van der Waals surface area (Å²) in [7, 11) is 0. The van der Waals surface area contributed by atoms with Crippen LogP contribution in [-0.4, -0.2) is 44.0 Å². The molecule has 0 spiro atoms. The van der Waals surface area contributed by atoms with Crippen molar-refractivity contribution in [2.75, 3.05) is 0 Å². The van der Waals surface area contributed by atoms with E-state index in [2.05, 4.69) is 0 Å². The number of thioether (sulfide) groups is 1. The van der Waals surface area contributed by atoms with Crippen molar-refractivity contribution in [3.63, 3.8) is 0 Å². The number of esters is 1. The van der Waals surface area contributed by atoms with E-state index >= 15 is 0 Å². The first-order valence-electron chi connectivity index (χ1n) is 7.52. The number of nitrogens with zero attached hydrogens (tertiary/aromatic N) is 1. The molecule has 1 N–H and O–H groups in total. The van der Waals surface area contributed by atoms with Crippen molar-refractivity contribution in [2.24, 2.45) is 0 Å². The molecule has 0 bridgehead atoms. The zero-order valence-corrected chi connectivity index (χ0v) is 13.9. The van der Waals surface area contributed by atoms with Crippen molar-refractivity contribution >= 4 is 29.6 Å². The van der Waals surface area contributed by atoms with Crippen LogP contribution in [0.15, 0.2) is 42.5 Å². The van der Waals surface area contributed by atoms with Crippen LogP contribution in [0.2, 0.25) is 0 Å². The average molecular weight is 347 g/mol. The third kappa shape index (κ3) is 3.03. The van der Waals surface area contributed by atoms with Crippen LogP contribution in [0.25, 0.3) is 0 Å². The van der Waals surface area contributed by atoms with Crippen molar-refractivity contribution in [3.05, 3.63) is 48.0 Å². The number of β-lactam (4-membered cyclic amide) rings is 1. The molecule has 3 rings (SSSR count). The molecule has 0 radical (unpaired) electrons. The van der Waals surface area contributed by atoms with Crippen LogP contribution >= 0.6 is 11.8 Å². The van der Waals surface area contributed by atoms with Crippen LogP contribution in [0.3, 0.4) is 0 Å². The predicted octanol–water partition coefficient (Wildman–Crippen LogP) is 1.80. The number of ether oxygens (including phenoxy) is 1. The minimum atomic E-state index is -1.07. The molecule has 2 heterocycles. The minimum absolute atomic E-state index is 0.131. The summed E-state index contributed by atoms with van der Waals surface area (Å²) in [4.78, 5) is 36.5. The second kappa shape index (κ2) is 6.32. The molecule has 2 aliphatic heterocycles. The van der Waals surface area contributed by atoms with Gasteiger partial charge in [-0.25, -0.2) is 9.59 Å². The minimum Gasteiger partial charge on any atom is -0.480 e. The van der Waals surface area contributed by atoms with Crippen LogP contribution in [0, 0.1) is 0 Å². The van der Waals surface area contributed by atoms with Crippen molar-refractivity contribution < 1.29 is 24.2 Å². The number of amides is 1. The Kier molecular flexibility index (Phi) is 4.36. The number of carbonyl (C=O) groups excluding carboxylic acids is 2. The maximum absolute atomic E-state index is 11.9. The molecular weight excluding hydrogens is 330 g/mol. The molecule has 0 saturated carbocycles. The molecule has 7 heteroatoms. The van der Waals surface area contributed by atoms with Gasteiger partial charge in [-0.3, -0.25) is 4.79 Å². The lowest BCUT2D eigenvalue weighted by molar-refractivity contribution is -0.157. The lowest BCUT2D eigenvalue weighted by atomic mass is 9.96. The number of aliphatic carboxylic acids is 1. The van der Waals surface area contributed by atoms with Gasteiger partial charge in [0.15, 0.2) is 0 Å². The van der Waals surface area contributed by atoms with Crippen molar-refractivity contribution in [1.29, 1.82) is 0 Å². The summed E-state index contributed by atoms with van der Waals surface area (Å²) in [5, 5.41) is 9.32. The topological polar surface area (TPSA) is 83.9 Å². The van der Waals surface area contributed by atoms with E-state index in [1.54, 1.807) is 6.92 Å². The Hall–Kier alpha value is -2.28. The predicted molar refractivity (Wildman–Crippen MR) is 88.0 cm³/mol. The normalized spacial score (nSPS) is 28.5. The molecule has 2 saturated heterocycles. The lowest BCUT2D eigenvalue weighted by Gasteiger charge is -2.36. The van der Waals surface area contributed by atoms with Crippen molar-refractivity contribution in [1.82, 2.24) is 4.90 Å². The van der Waals surface area contributed by atoms with Gasteiger partial charge in [0.25, 0.3) is 0 Å². The van der Waals surface area contributed by atoms with E-state index in [1.807, 2.05) is 30.3 Å². The van der Waals surface area contributed by atoms with Gasteiger partial charge >= 0.3 is 11.9 Å². The number of rotatable bonds is 5. The van der Waals surface area contributed by atoms with Gasteiger partial charge in [-0.15, -0.1) is 11.8 Å². The summed E-state index contributed by atoms with van der Waals surface area (Å²) in [5.41, 5.74) is 0.874. The largest absolute Gasteiger partial charge is 0.480 e. The number of carboxylic acid groups (broad SMARTS) is 1. The van der Waals surface area contributed by atoms with Gasteiger partial charge < -0.3 is 14.7 Å². The Bertz CT molecular complexity index is 704. The summed E-state index contributed by atoms with van der Waals surface area (Å²) in [6.45, 7) is 1.88. The van der Waals surface area contributed by atoms with Crippen LogP contribution in [0.4, 0.5) is 0 Å². The third-order valence-corrected chi connectivity index (χ3v) is 5.70. The molecule has 0 aromatic heterocycles. The number of hydrogen-bond donors (Lipinski definition) is 1. The van der Waals surface area contributed by atoms with E-state index in [-0.39, 0.29) is 17.9 Å². The molecule has 126 valence electrons. The van der Waals surface area contributed by atoms with E-state index in [4.69, 9.17) is 4.74 Å². The first-order valence-corrected chi connectivity index (χ1v) is 8.40. The summed E-state index contributed by atoms with van der Waals surface area (Å²) in [6, 6.07) is 8.32. The van der Waals surface area contributed by atoms with E-state index < -0.39 is 22.7 Å². The van der Waals surface area contributed by atoms with Crippen LogP contribution in [0.1, 0.15) is 18.9 Å². The van der Waals surface area contributed by atoms with E-state index in [0.29, 0.717) is 6.42 Å². The van der Waals surface area contributed by atoms with Crippen LogP contribution in [-0.2, 0) is 25.7 Å². The maximum Gasteiger partial charge on any atom is 0.330 e. The highest BCUT2D eigenvalue weighted by Gasteiger charge is 2.59. The molecule has 24 heavy (non-hydrogen) atoms. The number of hydrogen-bond acceptors (Lipinski definition) is 5. The molecule has 1 aromatic carbocycles. The Balaban J connectivity index is 1.65. The molecule has 2 fully saturated rings. The van der Waals surface area contributed by atoms with Gasteiger partial charge in [-0.05, 0) is 12.5 Å². The van der Waals surface area contributed by atoms with Crippen molar-refractivity contribution in [2.45, 2.75) is 36.1 Å². The van der Waals surface area contributed by atoms with Gasteiger partial charge in [-0.2, -0.15) is 0 Å². The second-order valence-electron chi connectivity index (χ2n) is 5.93. The monoisotopic (exact) mass is 347 g/mol. The molecule has 1 aromatic rings. The van der Waals surface area contributed by atoms with E-state index in [1.165, 1.54) is 28.8 Å². The summed E-state index contributed by atoms with van der Waals surface area (Å²) in [5.74, 6) is -1.77. The Morgan fingerprint density at radius 3 is 2.75 bits per heavy atom. The summed E-state index contributed by atoms with van der Waals surface area (Å²) in [6.07, 6.45) is 3.13. The highest BCUT2D eigenvalue weighted by Crippen LogP contribution is 2.51. The fourth-order valence-corrected chi connectivity index (χ4v) is 4.60. The molecule has 0 unspecified atom stereocenters. The van der Waals surface area contributed by atoms with Crippen LogP contribution in [0.5, 0.6) is 0 Å². The smallest absolute Gasteiger partial charge is 0.330 e. The molecule has 2 aliphatic rings. The zero-order chi connectivity index (χ0) is 17.3. The third-order valence-electron chi connectivity index (χ3n) is 4.17. The highest BCUT2D eigenvalue weighted by molar-refractivity contribution is 8.01. The molecule has 6 nitrogen and oxygen atoms in total. The standard InChI is InChI=1S/C17H17NO5S/c1-17(15(16(21)22)18-12(19)9-13(18)24-17)8-7-14(20)23-10-11-5-3-2-4-6-11/h2-8,13,15H,9-10H2,1H3,(H,21,22)/b8-7+/t13-,15+,17+/m1/s1. The SMILES string of the molecule is C[C@@]1(/C=C/C(=O)OCc2ccccc2)S[C@@H]2CC(=O)N2[C@H]1C(=O)O. The van der Waals surface area contributed by atoms with Gasteiger partial charge in [0.1, 0.15) is 12.6 Å². The van der Waals surface area contributed by atoms with E-state index in [0.717, 1.165) is 5.56 Å². The van der Waals surface area contributed by atoms with Gasteiger partial charge in [0.05, 0.1) is 16.5 Å². The Morgan fingerprint density at radius 2 is 2.12 bits per heavy atom. The first-order chi connectivity index (χ1) is 11.4. The quantitative estimate of drug-likeness (QED) is 0.497. The number of benzene rings is 1. The number of carboxylic acids is 1. The number of carbonyl (C=O) groups is 3. The molecule has 0 aliphatic carbocycles. The van der Waals surface area contributed by atoms with Crippen molar-refractivity contribution in [3.8, 4) is 0 Å². The Morgan fingerprint density at radius 1 is 1.42 bits per heavy atom. The fourth-order valence-electron chi connectivity index (χ4n) is 2.95. The lowest BCUT2D eigenvalue weighted by Crippen LogP contribution is -2.57. The number of fused-ring (bicyclic) bond motifs is 1.